The minimum absolute atomic E-state index is 0.0666. The molecule has 0 amide bonds. The van der Waals surface area contributed by atoms with Crippen molar-refractivity contribution < 1.29 is 4.92 Å². The van der Waals surface area contributed by atoms with Crippen LogP contribution in [0.3, 0.4) is 0 Å². The second-order valence-corrected chi connectivity index (χ2v) is 5.91. The highest BCUT2D eigenvalue weighted by Crippen LogP contribution is 2.35. The molecule has 0 aliphatic carbocycles. The van der Waals surface area contributed by atoms with Crippen LogP contribution in [0.15, 0.2) is 48.5 Å². The number of aromatic nitrogens is 1. The summed E-state index contributed by atoms with van der Waals surface area (Å²) in [4.78, 5) is 10.5. The molecule has 23 heavy (non-hydrogen) atoms. The van der Waals surface area contributed by atoms with Crippen LogP contribution in [-0.4, -0.2) is 16.0 Å². The monoisotopic (exact) mass is 307 g/mol. The van der Waals surface area contributed by atoms with Gasteiger partial charge in [-0.25, -0.2) is 0 Å². The summed E-state index contributed by atoms with van der Waals surface area (Å²) >= 11 is 0. The van der Waals surface area contributed by atoms with Gasteiger partial charge in [0.15, 0.2) is 0 Å². The van der Waals surface area contributed by atoms with Gasteiger partial charge in [-0.1, -0.05) is 30.3 Å². The van der Waals surface area contributed by atoms with Gasteiger partial charge in [-0.3, -0.25) is 10.1 Å². The number of nitro groups is 1. The van der Waals surface area contributed by atoms with E-state index in [-0.39, 0.29) is 16.7 Å². The van der Waals surface area contributed by atoms with Crippen LogP contribution in [0.5, 0.6) is 0 Å². The zero-order valence-electron chi connectivity index (χ0n) is 12.8. The molecule has 1 atom stereocenters. The highest BCUT2D eigenvalue weighted by molar-refractivity contribution is 5.85. The molecule has 5 nitrogen and oxygen atoms in total. The molecule has 4 rings (SSSR count). The summed E-state index contributed by atoms with van der Waals surface area (Å²) in [6.07, 6.45) is 0. The molecule has 1 unspecified atom stereocenters. The number of benzene rings is 2. The largest absolute Gasteiger partial charge is 0.341 e. The van der Waals surface area contributed by atoms with Crippen molar-refractivity contribution in [2.45, 2.75) is 19.5 Å². The highest BCUT2D eigenvalue weighted by atomic mass is 16.6. The normalized spacial score (nSPS) is 17.2. The summed E-state index contributed by atoms with van der Waals surface area (Å²) in [7, 11) is 0. The first-order chi connectivity index (χ1) is 11.2. The smallest absolute Gasteiger partial charge is 0.269 e. The van der Waals surface area contributed by atoms with Gasteiger partial charge >= 0.3 is 0 Å². The number of nitrogens with one attached hydrogen (secondary N) is 1. The maximum atomic E-state index is 10.8. The van der Waals surface area contributed by atoms with E-state index in [2.05, 4.69) is 41.1 Å². The molecule has 116 valence electrons. The second-order valence-electron chi connectivity index (χ2n) is 5.91. The Labute approximate surface area is 133 Å². The number of hydrogen-bond donors (Lipinski definition) is 1. The Morgan fingerprint density at radius 3 is 2.65 bits per heavy atom. The van der Waals surface area contributed by atoms with E-state index in [1.54, 1.807) is 12.1 Å². The lowest BCUT2D eigenvalue weighted by Gasteiger charge is -2.28. The van der Waals surface area contributed by atoms with Crippen LogP contribution in [0.4, 0.5) is 5.69 Å². The fraction of sp³-hybridized carbons (Fsp3) is 0.222. The van der Waals surface area contributed by atoms with Crippen LogP contribution in [0.25, 0.3) is 10.9 Å². The first-order valence-electron chi connectivity index (χ1n) is 7.72. The van der Waals surface area contributed by atoms with Crippen LogP contribution in [0.2, 0.25) is 0 Å². The molecule has 5 heteroatoms. The van der Waals surface area contributed by atoms with Gasteiger partial charge in [-0.15, -0.1) is 0 Å². The van der Waals surface area contributed by atoms with Crippen LogP contribution >= 0.6 is 0 Å². The second kappa shape index (κ2) is 5.21. The average Bonchev–Trinajstić information content (AvgIpc) is 2.88. The van der Waals surface area contributed by atoms with Gasteiger partial charge in [-0.05, 0) is 24.1 Å². The van der Waals surface area contributed by atoms with Gasteiger partial charge in [-0.2, -0.15) is 0 Å². The van der Waals surface area contributed by atoms with Gasteiger partial charge in [0.05, 0.1) is 11.0 Å². The number of hydrogen-bond acceptors (Lipinski definition) is 3. The molecule has 0 saturated heterocycles. The van der Waals surface area contributed by atoms with E-state index in [0.717, 1.165) is 18.7 Å². The zero-order valence-corrected chi connectivity index (χ0v) is 12.8. The average molecular weight is 307 g/mol. The Kier molecular flexibility index (Phi) is 3.16. The number of nitro benzene ring substituents is 1. The molecule has 0 fully saturated rings. The Morgan fingerprint density at radius 2 is 1.91 bits per heavy atom. The molecule has 1 N–H and O–H groups in total. The standard InChI is InChI=1S/C18H17N3O2/c1-12-15-4-2-3-5-16(15)20-11-10-19-17(18(12)20)13-6-8-14(9-7-13)21(22)23/h2-9,17,19H,10-11H2,1H3. The minimum Gasteiger partial charge on any atom is -0.341 e. The number of para-hydroxylation sites is 1. The van der Waals surface area contributed by atoms with Gasteiger partial charge in [0.25, 0.3) is 5.69 Å². The molecule has 0 saturated carbocycles. The Morgan fingerprint density at radius 1 is 1.17 bits per heavy atom. The summed E-state index contributed by atoms with van der Waals surface area (Å²) < 4.78 is 2.37. The van der Waals surface area contributed by atoms with E-state index in [1.807, 2.05) is 12.1 Å². The Bertz CT molecular complexity index is 897. The molecule has 0 bridgehead atoms. The van der Waals surface area contributed by atoms with Crippen molar-refractivity contribution in [1.29, 1.82) is 0 Å². The van der Waals surface area contributed by atoms with Gasteiger partial charge in [0.1, 0.15) is 0 Å². The van der Waals surface area contributed by atoms with E-state index >= 15 is 0 Å². The maximum Gasteiger partial charge on any atom is 0.269 e. The number of rotatable bonds is 2. The van der Waals surface area contributed by atoms with Crippen LogP contribution in [0.1, 0.15) is 22.9 Å². The van der Waals surface area contributed by atoms with Gasteiger partial charge < -0.3 is 9.88 Å². The third-order valence-electron chi connectivity index (χ3n) is 4.67. The molecule has 2 aromatic carbocycles. The van der Waals surface area contributed by atoms with Crippen LogP contribution in [0, 0.1) is 17.0 Å². The molecule has 1 aliphatic rings. The van der Waals surface area contributed by atoms with Crippen molar-refractivity contribution >= 4 is 16.6 Å². The van der Waals surface area contributed by atoms with Crippen molar-refractivity contribution in [1.82, 2.24) is 9.88 Å². The molecule has 1 aromatic heterocycles. The number of aryl methyl sites for hydroxylation is 1. The summed E-state index contributed by atoms with van der Waals surface area (Å²) in [5.41, 5.74) is 4.97. The van der Waals surface area contributed by atoms with E-state index < -0.39 is 0 Å². The molecule has 1 aliphatic heterocycles. The van der Waals surface area contributed by atoms with Crippen LogP contribution in [-0.2, 0) is 6.54 Å². The lowest BCUT2D eigenvalue weighted by atomic mass is 9.98. The SMILES string of the molecule is Cc1c2n(c3ccccc13)CCNC2c1ccc([N+](=O)[O-])cc1. The summed E-state index contributed by atoms with van der Waals surface area (Å²) in [6.45, 7) is 3.97. The maximum absolute atomic E-state index is 10.8. The minimum atomic E-state index is -0.361. The fourth-order valence-corrected chi connectivity index (χ4v) is 3.59. The number of nitrogens with zero attached hydrogens (tertiary/aromatic N) is 2. The molecule has 3 aromatic rings. The van der Waals surface area contributed by atoms with E-state index in [4.69, 9.17) is 0 Å². The highest BCUT2D eigenvalue weighted by Gasteiger charge is 2.26. The van der Waals surface area contributed by atoms with E-state index in [1.165, 1.54) is 22.2 Å². The summed E-state index contributed by atoms with van der Waals surface area (Å²) in [5, 5.41) is 15.7. The van der Waals surface area contributed by atoms with Crippen molar-refractivity contribution in [3.63, 3.8) is 0 Å². The number of fused-ring (bicyclic) bond motifs is 3. The Hall–Kier alpha value is -2.66. The lowest BCUT2D eigenvalue weighted by Crippen LogP contribution is -2.34. The van der Waals surface area contributed by atoms with Crippen LogP contribution < -0.4 is 5.32 Å². The summed E-state index contributed by atoms with van der Waals surface area (Å²) in [6, 6.07) is 15.4. The third-order valence-corrected chi connectivity index (χ3v) is 4.67. The quantitative estimate of drug-likeness (QED) is 0.582. The van der Waals surface area contributed by atoms with Gasteiger partial charge in [0, 0.05) is 41.8 Å². The molecular weight excluding hydrogens is 290 g/mol. The molecule has 0 radical (unpaired) electrons. The van der Waals surface area contributed by atoms with Crippen molar-refractivity contribution in [3.05, 3.63) is 75.5 Å². The van der Waals surface area contributed by atoms with E-state index in [0.29, 0.717) is 0 Å². The zero-order chi connectivity index (χ0) is 16.0. The van der Waals surface area contributed by atoms with E-state index in [9.17, 15) is 10.1 Å². The van der Waals surface area contributed by atoms with Gasteiger partial charge in [0.2, 0.25) is 0 Å². The first kappa shape index (κ1) is 14.0. The molecular formula is C18H17N3O2. The third kappa shape index (κ3) is 2.12. The Balaban J connectivity index is 1.86. The molecule has 0 spiro atoms. The topological polar surface area (TPSA) is 60.1 Å². The van der Waals surface area contributed by atoms with Crippen molar-refractivity contribution in [2.75, 3.05) is 6.54 Å². The number of non-ortho nitro benzene ring substituents is 1. The summed E-state index contributed by atoms with van der Waals surface area (Å²) in [5.74, 6) is 0. The van der Waals surface area contributed by atoms with Crippen molar-refractivity contribution in [2.24, 2.45) is 0 Å². The molecule has 2 heterocycles. The first-order valence-corrected chi connectivity index (χ1v) is 7.72. The van der Waals surface area contributed by atoms with Crippen molar-refractivity contribution in [3.8, 4) is 0 Å². The lowest BCUT2D eigenvalue weighted by molar-refractivity contribution is -0.384. The predicted octanol–water partition coefficient (Wildman–Crippen LogP) is 3.55. The fourth-order valence-electron chi connectivity index (χ4n) is 3.59. The predicted molar refractivity (Wildman–Crippen MR) is 89.6 cm³/mol.